The zero-order chi connectivity index (χ0) is 18.2. The van der Waals surface area contributed by atoms with Gasteiger partial charge in [-0.2, -0.15) is 13.2 Å². The highest BCUT2D eigenvalue weighted by atomic mass is 127. The first-order valence-electron chi connectivity index (χ1n) is 8.72. The molecule has 1 N–H and O–H groups in total. The van der Waals surface area contributed by atoms with E-state index < -0.39 is 12.7 Å². The molecule has 1 atom stereocenters. The summed E-state index contributed by atoms with van der Waals surface area (Å²) in [6.45, 7) is 9.36. The van der Waals surface area contributed by atoms with Crippen LogP contribution in [0, 0.1) is 5.92 Å². The summed E-state index contributed by atoms with van der Waals surface area (Å²) in [7, 11) is 3.20. The number of hydrogen-bond acceptors (Lipinski definition) is 3. The second-order valence-corrected chi connectivity index (χ2v) is 6.41. The van der Waals surface area contributed by atoms with E-state index in [0.717, 1.165) is 45.1 Å². The minimum atomic E-state index is -4.15. The van der Waals surface area contributed by atoms with Crippen LogP contribution >= 0.6 is 24.0 Å². The molecule has 0 aliphatic carbocycles. The number of rotatable bonds is 8. The van der Waals surface area contributed by atoms with Gasteiger partial charge in [0.25, 0.3) is 0 Å². The first kappa shape index (κ1) is 24.7. The van der Waals surface area contributed by atoms with Crippen molar-refractivity contribution in [2.75, 3.05) is 66.5 Å². The van der Waals surface area contributed by atoms with E-state index in [1.54, 1.807) is 7.05 Å². The Morgan fingerprint density at radius 1 is 1.28 bits per heavy atom. The fraction of sp³-hybridized carbons (Fsp3) is 0.938. The summed E-state index contributed by atoms with van der Waals surface area (Å²) in [6, 6.07) is 0. The number of hydrogen-bond donors (Lipinski definition) is 1. The first-order valence-corrected chi connectivity index (χ1v) is 8.72. The normalized spacial score (nSPS) is 18.8. The van der Waals surface area contributed by atoms with Crippen molar-refractivity contribution in [2.45, 2.75) is 26.4 Å². The van der Waals surface area contributed by atoms with Crippen LogP contribution < -0.4 is 5.32 Å². The zero-order valence-electron chi connectivity index (χ0n) is 15.8. The average molecular weight is 479 g/mol. The summed E-state index contributed by atoms with van der Waals surface area (Å²) in [5, 5.41) is 3.18. The third kappa shape index (κ3) is 9.83. The molecule has 1 aliphatic heterocycles. The monoisotopic (exact) mass is 479 g/mol. The number of halogens is 4. The molecule has 1 rings (SSSR count). The second kappa shape index (κ2) is 12.2. The summed E-state index contributed by atoms with van der Waals surface area (Å²) in [5.74, 6) is 1.41. The average Bonchev–Trinajstić information content (AvgIpc) is 2.95. The van der Waals surface area contributed by atoms with Gasteiger partial charge in [0, 0.05) is 39.8 Å². The molecule has 1 unspecified atom stereocenters. The predicted octanol–water partition coefficient (Wildman–Crippen LogP) is 2.34. The molecular weight excluding hydrogens is 446 g/mol. The van der Waals surface area contributed by atoms with Gasteiger partial charge in [0.15, 0.2) is 5.96 Å². The maximum absolute atomic E-state index is 12.3. The third-order valence-corrected chi connectivity index (χ3v) is 4.43. The quantitative estimate of drug-likeness (QED) is 0.330. The summed E-state index contributed by atoms with van der Waals surface area (Å²) >= 11 is 0. The zero-order valence-corrected chi connectivity index (χ0v) is 18.1. The number of alkyl halides is 3. The summed E-state index contributed by atoms with van der Waals surface area (Å²) in [5.41, 5.74) is 0. The van der Waals surface area contributed by atoms with Crippen molar-refractivity contribution < 1.29 is 13.2 Å². The Kier molecular flexibility index (Phi) is 12.0. The summed E-state index contributed by atoms with van der Waals surface area (Å²) < 4.78 is 36.9. The fourth-order valence-electron chi connectivity index (χ4n) is 3.10. The standard InChI is InChI=1S/C16H32F3N5.HI/c1-5-23(6-2)11-14-7-9-24(12-14)15(20-3)21-8-10-22(4)13-16(17,18)19;/h14H,5-13H2,1-4H3,(H,20,21);1H. The molecule has 1 aliphatic rings. The molecule has 25 heavy (non-hydrogen) atoms. The van der Waals surface area contributed by atoms with Crippen LogP contribution in [-0.2, 0) is 0 Å². The SMILES string of the molecule is CCN(CC)CC1CCN(C(=NC)NCCN(C)CC(F)(F)F)C1.I. The van der Waals surface area contributed by atoms with Crippen LogP contribution in [0.3, 0.4) is 0 Å². The minimum Gasteiger partial charge on any atom is -0.355 e. The molecule has 9 heteroatoms. The van der Waals surface area contributed by atoms with Crippen molar-refractivity contribution >= 4 is 29.9 Å². The number of aliphatic imine (C=N–C) groups is 1. The second-order valence-electron chi connectivity index (χ2n) is 6.41. The number of nitrogens with one attached hydrogen (secondary N) is 1. The summed E-state index contributed by atoms with van der Waals surface area (Å²) in [6.07, 6.45) is -3.02. The maximum Gasteiger partial charge on any atom is 0.401 e. The van der Waals surface area contributed by atoms with E-state index in [1.165, 1.54) is 11.9 Å². The van der Waals surface area contributed by atoms with Crippen molar-refractivity contribution in [3.8, 4) is 0 Å². The molecule has 5 nitrogen and oxygen atoms in total. The number of guanidine groups is 1. The molecule has 0 spiro atoms. The Morgan fingerprint density at radius 2 is 1.92 bits per heavy atom. The highest BCUT2D eigenvalue weighted by Gasteiger charge is 2.29. The molecule has 0 aromatic rings. The van der Waals surface area contributed by atoms with Gasteiger partial charge in [-0.3, -0.25) is 9.89 Å². The van der Waals surface area contributed by atoms with Crippen molar-refractivity contribution in [1.82, 2.24) is 20.0 Å². The van der Waals surface area contributed by atoms with Crippen LogP contribution in [0.25, 0.3) is 0 Å². The predicted molar refractivity (Wildman–Crippen MR) is 108 cm³/mol. The van der Waals surface area contributed by atoms with E-state index in [9.17, 15) is 13.2 Å². The largest absolute Gasteiger partial charge is 0.401 e. The molecule has 0 amide bonds. The Morgan fingerprint density at radius 3 is 2.44 bits per heavy atom. The molecule has 150 valence electrons. The molecule has 1 heterocycles. The Bertz CT molecular complexity index is 388. The molecule has 1 saturated heterocycles. The minimum absolute atomic E-state index is 0. The van der Waals surface area contributed by atoms with E-state index in [2.05, 4.69) is 34.0 Å². The van der Waals surface area contributed by atoms with Gasteiger partial charge in [-0.1, -0.05) is 13.8 Å². The lowest BCUT2D eigenvalue weighted by molar-refractivity contribution is -0.142. The van der Waals surface area contributed by atoms with Crippen LogP contribution in [0.1, 0.15) is 20.3 Å². The first-order chi connectivity index (χ1) is 11.3. The van der Waals surface area contributed by atoms with Crippen molar-refractivity contribution in [3.63, 3.8) is 0 Å². The van der Waals surface area contributed by atoms with E-state index in [-0.39, 0.29) is 24.0 Å². The van der Waals surface area contributed by atoms with Crippen molar-refractivity contribution in [1.29, 1.82) is 0 Å². The smallest absolute Gasteiger partial charge is 0.355 e. The molecule has 0 aromatic carbocycles. The van der Waals surface area contributed by atoms with Gasteiger partial charge in [0.2, 0.25) is 0 Å². The lowest BCUT2D eigenvalue weighted by atomic mass is 10.1. The molecule has 0 aromatic heterocycles. The van der Waals surface area contributed by atoms with E-state index in [4.69, 9.17) is 0 Å². The molecule has 1 fully saturated rings. The van der Waals surface area contributed by atoms with Gasteiger partial charge < -0.3 is 15.1 Å². The van der Waals surface area contributed by atoms with Crippen LogP contribution in [-0.4, -0.2) is 93.3 Å². The van der Waals surface area contributed by atoms with Gasteiger partial charge in [-0.05, 0) is 32.5 Å². The molecule has 0 saturated carbocycles. The van der Waals surface area contributed by atoms with Gasteiger partial charge in [0.1, 0.15) is 0 Å². The van der Waals surface area contributed by atoms with Crippen molar-refractivity contribution in [3.05, 3.63) is 0 Å². The topological polar surface area (TPSA) is 34.1 Å². The lowest BCUT2D eigenvalue weighted by Gasteiger charge is -2.25. The molecular formula is C16H33F3IN5. The Hall–Kier alpha value is -0.290. The van der Waals surface area contributed by atoms with Crippen LogP contribution in [0.5, 0.6) is 0 Å². The highest BCUT2D eigenvalue weighted by molar-refractivity contribution is 14.0. The van der Waals surface area contributed by atoms with E-state index in [0.29, 0.717) is 19.0 Å². The van der Waals surface area contributed by atoms with Crippen LogP contribution in [0.15, 0.2) is 4.99 Å². The Balaban J connectivity index is 0.00000576. The summed E-state index contributed by atoms with van der Waals surface area (Å²) in [4.78, 5) is 10.2. The fourth-order valence-corrected chi connectivity index (χ4v) is 3.10. The number of likely N-dealkylation sites (tertiary alicyclic amines) is 1. The van der Waals surface area contributed by atoms with Crippen molar-refractivity contribution in [2.24, 2.45) is 10.9 Å². The van der Waals surface area contributed by atoms with Gasteiger partial charge in [0.05, 0.1) is 6.54 Å². The van der Waals surface area contributed by atoms with Gasteiger partial charge >= 0.3 is 6.18 Å². The van der Waals surface area contributed by atoms with Gasteiger partial charge in [-0.15, -0.1) is 24.0 Å². The van der Waals surface area contributed by atoms with Gasteiger partial charge in [-0.25, -0.2) is 0 Å². The lowest BCUT2D eigenvalue weighted by Crippen LogP contribution is -2.44. The molecule has 0 radical (unpaired) electrons. The highest BCUT2D eigenvalue weighted by Crippen LogP contribution is 2.18. The maximum atomic E-state index is 12.3. The third-order valence-electron chi connectivity index (χ3n) is 4.43. The molecule has 0 bridgehead atoms. The number of likely N-dealkylation sites (N-methyl/N-ethyl adjacent to an activating group) is 1. The van der Waals surface area contributed by atoms with Crippen LogP contribution in [0.4, 0.5) is 13.2 Å². The Labute approximate surface area is 167 Å². The van der Waals surface area contributed by atoms with Crippen LogP contribution in [0.2, 0.25) is 0 Å². The van der Waals surface area contributed by atoms with E-state index >= 15 is 0 Å². The van der Waals surface area contributed by atoms with E-state index in [1.807, 2.05) is 0 Å². The number of nitrogens with zero attached hydrogens (tertiary/aromatic N) is 4.